The summed E-state index contributed by atoms with van der Waals surface area (Å²) in [6.07, 6.45) is 1.81. The maximum Gasteiger partial charge on any atom is 0.338 e. The number of carbonyl (C=O) groups excluding carboxylic acids is 1. The van der Waals surface area contributed by atoms with Crippen LogP contribution in [0.3, 0.4) is 0 Å². The molecule has 0 N–H and O–H groups in total. The molecule has 0 amide bonds. The van der Waals surface area contributed by atoms with Gasteiger partial charge in [0, 0.05) is 5.02 Å². The molecule has 0 saturated heterocycles. The molecule has 1 aromatic heterocycles. The lowest BCUT2D eigenvalue weighted by Gasteiger charge is -2.24. The van der Waals surface area contributed by atoms with Crippen molar-refractivity contribution in [2.45, 2.75) is 19.9 Å². The molecule has 186 valence electrons. The summed E-state index contributed by atoms with van der Waals surface area (Å²) in [5, 5.41) is 0.562. The predicted octanol–water partition coefficient (Wildman–Crippen LogP) is 5.24. The van der Waals surface area contributed by atoms with Crippen LogP contribution in [0.1, 0.15) is 31.0 Å². The third-order valence-electron chi connectivity index (χ3n) is 5.84. The van der Waals surface area contributed by atoms with Crippen molar-refractivity contribution in [2.24, 2.45) is 4.99 Å². The standard InChI is InChI=1S/C29H23ClN2O4S/c1-3-35-28(34)25-18(2)31-29-32(26(25)20-12-14-21(30)15-13-20)27(33)24(37-29)17-19-8-7-11-23(16-19)36-22-9-5-4-6-10-22/h4-17,26H,3H2,1-2H3/b24-17+/t26-/m0/s1. The third-order valence-corrected chi connectivity index (χ3v) is 7.07. The van der Waals surface area contributed by atoms with Crippen LogP contribution in [0.4, 0.5) is 0 Å². The number of esters is 1. The highest BCUT2D eigenvalue weighted by atomic mass is 35.5. The van der Waals surface area contributed by atoms with Crippen LogP contribution in [-0.4, -0.2) is 17.1 Å². The number of nitrogens with zero attached hydrogens (tertiary/aromatic N) is 2. The van der Waals surface area contributed by atoms with Crippen molar-refractivity contribution < 1.29 is 14.3 Å². The molecule has 1 aliphatic rings. The summed E-state index contributed by atoms with van der Waals surface area (Å²) in [5.74, 6) is 0.889. The zero-order valence-electron chi connectivity index (χ0n) is 20.2. The topological polar surface area (TPSA) is 69.9 Å². The molecule has 1 aliphatic heterocycles. The van der Waals surface area contributed by atoms with Gasteiger partial charge >= 0.3 is 5.97 Å². The number of fused-ring (bicyclic) bond motifs is 1. The number of rotatable bonds is 6. The summed E-state index contributed by atoms with van der Waals surface area (Å²) in [5.41, 5.74) is 2.16. The molecule has 0 spiro atoms. The molecule has 1 atom stereocenters. The minimum absolute atomic E-state index is 0.217. The van der Waals surface area contributed by atoms with E-state index >= 15 is 0 Å². The molecule has 6 nitrogen and oxygen atoms in total. The average Bonchev–Trinajstić information content (AvgIpc) is 3.19. The van der Waals surface area contributed by atoms with Gasteiger partial charge in [0.1, 0.15) is 11.5 Å². The summed E-state index contributed by atoms with van der Waals surface area (Å²) in [7, 11) is 0. The van der Waals surface area contributed by atoms with Crippen LogP contribution in [0.2, 0.25) is 5.02 Å². The van der Waals surface area contributed by atoms with Gasteiger partial charge in [-0.3, -0.25) is 9.36 Å². The van der Waals surface area contributed by atoms with E-state index in [0.29, 0.717) is 31.4 Å². The maximum absolute atomic E-state index is 13.7. The lowest BCUT2D eigenvalue weighted by molar-refractivity contribution is -0.139. The Morgan fingerprint density at radius 2 is 1.78 bits per heavy atom. The van der Waals surface area contributed by atoms with E-state index in [2.05, 4.69) is 4.99 Å². The zero-order chi connectivity index (χ0) is 25.9. The fourth-order valence-corrected chi connectivity index (χ4v) is 5.37. The van der Waals surface area contributed by atoms with Crippen molar-refractivity contribution in [2.75, 3.05) is 6.61 Å². The number of hydrogen-bond acceptors (Lipinski definition) is 6. The van der Waals surface area contributed by atoms with E-state index in [1.165, 1.54) is 11.3 Å². The number of aromatic nitrogens is 1. The highest BCUT2D eigenvalue weighted by Gasteiger charge is 2.33. The Morgan fingerprint density at radius 3 is 2.51 bits per heavy atom. The first-order chi connectivity index (χ1) is 17.9. The lowest BCUT2D eigenvalue weighted by Crippen LogP contribution is -2.39. The number of allylic oxidation sites excluding steroid dienone is 1. The fraction of sp³-hybridized carbons (Fsp3) is 0.138. The van der Waals surface area contributed by atoms with Crippen LogP contribution in [0.15, 0.2) is 99.9 Å². The molecule has 0 fully saturated rings. The van der Waals surface area contributed by atoms with E-state index in [-0.39, 0.29) is 12.2 Å². The Labute approximate surface area is 222 Å². The lowest BCUT2D eigenvalue weighted by atomic mass is 9.96. The number of benzene rings is 3. The van der Waals surface area contributed by atoms with Gasteiger partial charge in [0.25, 0.3) is 5.56 Å². The van der Waals surface area contributed by atoms with E-state index in [1.54, 1.807) is 30.5 Å². The van der Waals surface area contributed by atoms with E-state index in [9.17, 15) is 9.59 Å². The molecule has 2 heterocycles. The second-order valence-corrected chi connectivity index (χ2v) is 9.79. The first kappa shape index (κ1) is 24.7. The second-order valence-electron chi connectivity index (χ2n) is 8.34. The van der Waals surface area contributed by atoms with Gasteiger partial charge in [-0.25, -0.2) is 9.79 Å². The molecule has 37 heavy (non-hydrogen) atoms. The van der Waals surface area contributed by atoms with Gasteiger partial charge in [0.15, 0.2) is 4.80 Å². The van der Waals surface area contributed by atoms with Gasteiger partial charge < -0.3 is 9.47 Å². The predicted molar refractivity (Wildman–Crippen MR) is 145 cm³/mol. The summed E-state index contributed by atoms with van der Waals surface area (Å²) < 4.78 is 13.3. The van der Waals surface area contributed by atoms with Gasteiger partial charge in [-0.05, 0) is 67.4 Å². The Bertz CT molecular complexity index is 1670. The minimum Gasteiger partial charge on any atom is -0.463 e. The number of hydrogen-bond donors (Lipinski definition) is 0. The molecule has 0 bridgehead atoms. The monoisotopic (exact) mass is 530 g/mol. The van der Waals surface area contributed by atoms with Crippen molar-refractivity contribution in [1.29, 1.82) is 0 Å². The molecular formula is C29H23ClN2O4S. The van der Waals surface area contributed by atoms with Gasteiger partial charge in [-0.15, -0.1) is 0 Å². The number of ether oxygens (including phenoxy) is 2. The molecule has 3 aromatic carbocycles. The number of thiazole rings is 1. The van der Waals surface area contributed by atoms with Crippen LogP contribution in [0.5, 0.6) is 11.5 Å². The Balaban J connectivity index is 1.61. The van der Waals surface area contributed by atoms with Crippen LogP contribution in [-0.2, 0) is 9.53 Å². The van der Waals surface area contributed by atoms with Crippen LogP contribution in [0, 0.1) is 0 Å². The van der Waals surface area contributed by atoms with Gasteiger partial charge in [0.2, 0.25) is 0 Å². The number of halogens is 1. The molecule has 8 heteroatoms. The Kier molecular flexibility index (Phi) is 7.08. The Morgan fingerprint density at radius 1 is 1.05 bits per heavy atom. The van der Waals surface area contributed by atoms with Crippen molar-refractivity contribution in [3.8, 4) is 11.5 Å². The van der Waals surface area contributed by atoms with Crippen molar-refractivity contribution in [3.63, 3.8) is 0 Å². The smallest absolute Gasteiger partial charge is 0.338 e. The van der Waals surface area contributed by atoms with Crippen molar-refractivity contribution in [1.82, 2.24) is 4.57 Å². The summed E-state index contributed by atoms with van der Waals surface area (Å²) in [6.45, 7) is 3.72. The molecule has 5 rings (SSSR count). The summed E-state index contributed by atoms with van der Waals surface area (Å²) >= 11 is 7.39. The zero-order valence-corrected chi connectivity index (χ0v) is 21.8. The summed E-state index contributed by atoms with van der Waals surface area (Å²) in [6, 6.07) is 23.4. The minimum atomic E-state index is -0.678. The normalized spacial score (nSPS) is 15.2. The quantitative estimate of drug-likeness (QED) is 0.319. The molecule has 4 aromatic rings. The molecule has 0 unspecified atom stereocenters. The van der Waals surface area contributed by atoms with Crippen LogP contribution >= 0.6 is 22.9 Å². The highest BCUT2D eigenvalue weighted by molar-refractivity contribution is 7.07. The van der Waals surface area contributed by atoms with E-state index in [1.807, 2.05) is 72.8 Å². The SMILES string of the molecule is CCOC(=O)C1=C(C)N=c2s/c(=C/c3cccc(Oc4ccccc4)c3)c(=O)n2[C@H]1c1ccc(Cl)cc1. The van der Waals surface area contributed by atoms with Crippen LogP contribution < -0.4 is 19.6 Å². The van der Waals surface area contributed by atoms with Gasteiger partial charge in [-0.2, -0.15) is 0 Å². The van der Waals surface area contributed by atoms with Crippen molar-refractivity contribution in [3.05, 3.63) is 126 Å². The molecule has 0 aliphatic carbocycles. The fourth-order valence-electron chi connectivity index (χ4n) is 4.20. The third kappa shape index (κ3) is 5.14. The number of para-hydroxylation sites is 1. The van der Waals surface area contributed by atoms with E-state index < -0.39 is 12.0 Å². The largest absolute Gasteiger partial charge is 0.463 e. The Hall–Kier alpha value is -3.94. The maximum atomic E-state index is 13.7. The first-order valence-electron chi connectivity index (χ1n) is 11.7. The van der Waals surface area contributed by atoms with E-state index in [0.717, 1.165) is 16.9 Å². The second kappa shape index (κ2) is 10.6. The van der Waals surface area contributed by atoms with Gasteiger partial charge in [-0.1, -0.05) is 65.4 Å². The first-order valence-corrected chi connectivity index (χ1v) is 12.9. The van der Waals surface area contributed by atoms with Crippen molar-refractivity contribution >= 4 is 35.0 Å². The average molecular weight is 531 g/mol. The molecular weight excluding hydrogens is 508 g/mol. The molecule has 0 saturated carbocycles. The van der Waals surface area contributed by atoms with Gasteiger partial charge in [0.05, 0.1) is 28.5 Å². The highest BCUT2D eigenvalue weighted by Crippen LogP contribution is 2.31. The summed E-state index contributed by atoms with van der Waals surface area (Å²) in [4.78, 5) is 31.8. The number of carbonyl (C=O) groups is 1. The molecule has 0 radical (unpaired) electrons. The van der Waals surface area contributed by atoms with E-state index in [4.69, 9.17) is 21.1 Å². The van der Waals surface area contributed by atoms with Crippen LogP contribution in [0.25, 0.3) is 6.08 Å².